The zero-order valence-corrected chi connectivity index (χ0v) is 11.5. The third kappa shape index (κ3) is 3.14. The molecule has 19 heavy (non-hydrogen) atoms. The molecule has 1 aliphatic rings. The van der Waals surface area contributed by atoms with Crippen LogP contribution < -0.4 is 16.4 Å². The van der Waals surface area contributed by atoms with Gasteiger partial charge in [0.15, 0.2) is 5.13 Å². The summed E-state index contributed by atoms with van der Waals surface area (Å²) >= 11 is 1.23. The maximum atomic E-state index is 12.3. The van der Waals surface area contributed by atoms with Crippen LogP contribution in [0.5, 0.6) is 0 Å². The molecule has 2 heterocycles. The number of hydrogen-bond acceptors (Lipinski definition) is 6. The molecular weight excluding hydrogens is 266 g/mol. The number of rotatable bonds is 4. The van der Waals surface area contributed by atoms with Crippen LogP contribution in [0.3, 0.4) is 0 Å². The summed E-state index contributed by atoms with van der Waals surface area (Å²) in [6.45, 7) is 3.88. The van der Waals surface area contributed by atoms with Crippen LogP contribution in [-0.2, 0) is 4.79 Å². The summed E-state index contributed by atoms with van der Waals surface area (Å²) in [5.74, 6) is -0.152. The molecule has 7 nitrogen and oxygen atoms in total. The number of carbonyl (C=O) groups is 2. The van der Waals surface area contributed by atoms with Crippen molar-refractivity contribution in [1.82, 2.24) is 15.2 Å². The Morgan fingerprint density at radius 2 is 2.42 bits per heavy atom. The van der Waals surface area contributed by atoms with E-state index in [4.69, 9.17) is 5.73 Å². The van der Waals surface area contributed by atoms with Crippen molar-refractivity contribution < 1.29 is 9.59 Å². The van der Waals surface area contributed by atoms with Gasteiger partial charge in [-0.2, -0.15) is 0 Å². The highest BCUT2D eigenvalue weighted by molar-refractivity contribution is 7.18. The summed E-state index contributed by atoms with van der Waals surface area (Å²) in [6, 6.07) is 0. The van der Waals surface area contributed by atoms with E-state index in [1.165, 1.54) is 16.2 Å². The highest BCUT2D eigenvalue weighted by Crippen LogP contribution is 2.26. The smallest absolute Gasteiger partial charge is 0.268 e. The Morgan fingerprint density at radius 1 is 1.63 bits per heavy atom. The van der Waals surface area contributed by atoms with E-state index in [0.29, 0.717) is 23.1 Å². The lowest BCUT2D eigenvalue weighted by Crippen LogP contribution is -2.49. The van der Waals surface area contributed by atoms with E-state index < -0.39 is 0 Å². The summed E-state index contributed by atoms with van der Waals surface area (Å²) < 4.78 is 0. The molecule has 0 aliphatic carbocycles. The quantitative estimate of drug-likeness (QED) is 0.728. The van der Waals surface area contributed by atoms with Gasteiger partial charge in [-0.25, -0.2) is 4.98 Å². The van der Waals surface area contributed by atoms with Crippen molar-refractivity contribution in [3.63, 3.8) is 0 Å². The van der Waals surface area contributed by atoms with Crippen molar-refractivity contribution in [3.8, 4) is 0 Å². The van der Waals surface area contributed by atoms with Crippen LogP contribution in [0, 0.1) is 0 Å². The molecule has 0 unspecified atom stereocenters. The molecule has 104 valence electrons. The minimum atomic E-state index is -0.227. The first-order valence-electron chi connectivity index (χ1n) is 6.18. The Kier molecular flexibility index (Phi) is 4.20. The Bertz CT molecular complexity index is 487. The van der Waals surface area contributed by atoms with E-state index in [9.17, 15) is 9.59 Å². The summed E-state index contributed by atoms with van der Waals surface area (Å²) in [7, 11) is 0. The third-order valence-electron chi connectivity index (χ3n) is 2.70. The number of anilines is 2. The Hall–Kier alpha value is -1.83. The van der Waals surface area contributed by atoms with Gasteiger partial charge in [-0.05, 0) is 6.42 Å². The fourth-order valence-corrected chi connectivity index (χ4v) is 2.63. The van der Waals surface area contributed by atoms with Gasteiger partial charge in [0, 0.05) is 19.6 Å². The molecule has 1 aromatic rings. The van der Waals surface area contributed by atoms with Gasteiger partial charge in [-0.15, -0.1) is 0 Å². The standard InChI is InChI=1S/C11H17N5O2S/c1-2-3-14-11-15-9(12)8(19-11)10(18)16-5-4-13-7(17)6-16/h2-6,12H2,1H3,(H,13,17)(H,14,15). The van der Waals surface area contributed by atoms with E-state index in [1.54, 1.807) is 0 Å². The highest BCUT2D eigenvalue weighted by Gasteiger charge is 2.26. The Balaban J connectivity index is 2.09. The second kappa shape index (κ2) is 5.87. The molecule has 1 aliphatic heterocycles. The predicted octanol–water partition coefficient (Wildman–Crippen LogP) is 0.119. The summed E-state index contributed by atoms with van der Waals surface area (Å²) in [5, 5.41) is 6.42. The molecule has 4 N–H and O–H groups in total. The van der Waals surface area contributed by atoms with Crippen LogP contribution in [0.1, 0.15) is 23.0 Å². The van der Waals surface area contributed by atoms with Crippen LogP contribution >= 0.6 is 11.3 Å². The van der Waals surface area contributed by atoms with Crippen molar-refractivity contribution in [2.45, 2.75) is 13.3 Å². The second-order valence-electron chi connectivity index (χ2n) is 4.24. The minimum Gasteiger partial charge on any atom is -0.382 e. The molecule has 0 aromatic carbocycles. The van der Waals surface area contributed by atoms with Crippen LogP contribution in [0.25, 0.3) is 0 Å². The minimum absolute atomic E-state index is 0.0773. The van der Waals surface area contributed by atoms with Gasteiger partial charge in [0.25, 0.3) is 5.91 Å². The number of piperazine rings is 1. The molecule has 1 fully saturated rings. The number of nitrogens with zero attached hydrogens (tertiary/aromatic N) is 2. The first-order chi connectivity index (χ1) is 9.11. The molecule has 1 aromatic heterocycles. The summed E-state index contributed by atoms with van der Waals surface area (Å²) in [5.41, 5.74) is 5.77. The number of aromatic nitrogens is 1. The van der Waals surface area contributed by atoms with Crippen LogP contribution in [-0.4, -0.2) is 47.9 Å². The Morgan fingerprint density at radius 3 is 3.11 bits per heavy atom. The van der Waals surface area contributed by atoms with Crippen molar-refractivity contribution >= 4 is 34.1 Å². The van der Waals surface area contributed by atoms with Gasteiger partial charge in [0.05, 0.1) is 6.54 Å². The third-order valence-corrected chi connectivity index (χ3v) is 3.72. The highest BCUT2D eigenvalue weighted by atomic mass is 32.1. The fraction of sp³-hybridized carbons (Fsp3) is 0.545. The van der Waals surface area contributed by atoms with Gasteiger partial charge >= 0.3 is 0 Å². The van der Waals surface area contributed by atoms with E-state index in [2.05, 4.69) is 15.6 Å². The van der Waals surface area contributed by atoms with E-state index in [1.807, 2.05) is 6.92 Å². The zero-order valence-electron chi connectivity index (χ0n) is 10.7. The molecular formula is C11H17N5O2S. The van der Waals surface area contributed by atoms with Crippen molar-refractivity contribution in [2.24, 2.45) is 0 Å². The summed E-state index contributed by atoms with van der Waals surface area (Å²) in [4.78, 5) is 29.6. The number of nitrogens with one attached hydrogen (secondary N) is 2. The number of nitrogens with two attached hydrogens (primary N) is 1. The molecule has 2 rings (SSSR count). The molecule has 0 spiro atoms. The monoisotopic (exact) mass is 283 g/mol. The van der Waals surface area contributed by atoms with Gasteiger partial charge in [-0.1, -0.05) is 18.3 Å². The number of amides is 2. The van der Waals surface area contributed by atoms with Crippen LogP contribution in [0.4, 0.5) is 10.9 Å². The van der Waals surface area contributed by atoms with Gasteiger partial charge in [-0.3, -0.25) is 9.59 Å². The molecule has 0 radical (unpaired) electrons. The van der Waals surface area contributed by atoms with Crippen molar-refractivity contribution in [3.05, 3.63) is 4.88 Å². The number of thiazole rings is 1. The predicted molar refractivity (Wildman–Crippen MR) is 74.2 cm³/mol. The van der Waals surface area contributed by atoms with Gasteiger partial charge < -0.3 is 21.3 Å². The molecule has 1 saturated heterocycles. The molecule has 0 atom stereocenters. The molecule has 0 bridgehead atoms. The van der Waals surface area contributed by atoms with Crippen molar-refractivity contribution in [2.75, 3.05) is 37.2 Å². The zero-order chi connectivity index (χ0) is 13.8. The Labute approximate surface area is 115 Å². The van der Waals surface area contributed by atoms with E-state index in [-0.39, 0.29) is 24.2 Å². The van der Waals surface area contributed by atoms with Crippen molar-refractivity contribution in [1.29, 1.82) is 0 Å². The average molecular weight is 283 g/mol. The average Bonchev–Trinajstić information content (AvgIpc) is 2.76. The molecule has 2 amide bonds. The lowest BCUT2D eigenvalue weighted by Gasteiger charge is -2.26. The van der Waals surface area contributed by atoms with Crippen LogP contribution in [0.15, 0.2) is 0 Å². The van der Waals surface area contributed by atoms with E-state index in [0.717, 1.165) is 13.0 Å². The first-order valence-corrected chi connectivity index (χ1v) is 6.99. The topological polar surface area (TPSA) is 100 Å². The largest absolute Gasteiger partial charge is 0.382 e. The van der Waals surface area contributed by atoms with E-state index >= 15 is 0 Å². The fourth-order valence-electron chi connectivity index (χ4n) is 1.75. The first kappa shape index (κ1) is 13.6. The number of carbonyl (C=O) groups excluding carboxylic acids is 2. The summed E-state index contributed by atoms with van der Waals surface area (Å²) in [6.07, 6.45) is 0.967. The number of hydrogen-bond donors (Lipinski definition) is 3. The van der Waals surface area contributed by atoms with Gasteiger partial charge in [0.1, 0.15) is 10.7 Å². The molecule has 8 heteroatoms. The lowest BCUT2D eigenvalue weighted by molar-refractivity contribution is -0.123. The second-order valence-corrected chi connectivity index (χ2v) is 5.24. The SMILES string of the molecule is CCCNc1nc(N)c(C(=O)N2CCNC(=O)C2)s1. The normalized spacial score (nSPS) is 15.2. The maximum absolute atomic E-state index is 12.3. The maximum Gasteiger partial charge on any atom is 0.268 e. The lowest BCUT2D eigenvalue weighted by atomic mass is 10.3. The van der Waals surface area contributed by atoms with Crippen LogP contribution in [0.2, 0.25) is 0 Å². The number of nitrogen functional groups attached to an aromatic ring is 1. The van der Waals surface area contributed by atoms with Gasteiger partial charge in [0.2, 0.25) is 5.91 Å². The molecule has 0 saturated carbocycles.